The Balaban J connectivity index is 1.93. The smallest absolute Gasteiger partial charge is 0.167 e. The Morgan fingerprint density at radius 1 is 1.46 bits per heavy atom. The summed E-state index contributed by atoms with van der Waals surface area (Å²) in [4.78, 5) is 16.2. The van der Waals surface area contributed by atoms with Crippen molar-refractivity contribution in [3.05, 3.63) is 34.2 Å². The van der Waals surface area contributed by atoms with E-state index < -0.39 is 0 Å². The number of hydrogen-bond donors (Lipinski definition) is 1. The molecule has 3 aromatic rings. The van der Waals surface area contributed by atoms with Gasteiger partial charge in [0.05, 0.1) is 21.6 Å². The van der Waals surface area contributed by atoms with Gasteiger partial charge in [-0.1, -0.05) is 0 Å². The summed E-state index contributed by atoms with van der Waals surface area (Å²) in [5.41, 5.74) is 3.38. The number of thiazole rings is 1. The third kappa shape index (κ3) is 3.09. The van der Waals surface area contributed by atoms with Crippen molar-refractivity contribution in [1.29, 1.82) is 0 Å². The minimum Gasteiger partial charge on any atom is -0.325 e. The van der Waals surface area contributed by atoms with E-state index in [1.165, 1.54) is 0 Å². The van der Waals surface area contributed by atoms with Gasteiger partial charge in [0.15, 0.2) is 11.9 Å². The molecule has 8 heteroatoms. The molecule has 0 amide bonds. The van der Waals surface area contributed by atoms with Crippen LogP contribution in [0.4, 0.5) is 0 Å². The molecular formula is C16H20N6OS. The first-order valence-electron chi connectivity index (χ1n) is 7.80. The highest BCUT2D eigenvalue weighted by Crippen LogP contribution is 2.29. The van der Waals surface area contributed by atoms with Crippen molar-refractivity contribution in [3.8, 4) is 0 Å². The summed E-state index contributed by atoms with van der Waals surface area (Å²) < 4.78 is 2.85. The Hall–Kier alpha value is -2.48. The molecule has 1 N–H and O–H groups in total. The molecule has 0 saturated heterocycles. The van der Waals surface area contributed by atoms with Crippen molar-refractivity contribution in [2.24, 2.45) is 12.1 Å². The quantitative estimate of drug-likeness (QED) is 0.405. The number of aromatic amines is 1. The summed E-state index contributed by atoms with van der Waals surface area (Å²) in [6.45, 7) is 2.83. The minimum atomic E-state index is 0.608. The normalized spacial score (nSPS) is 11.6. The van der Waals surface area contributed by atoms with Gasteiger partial charge in [-0.05, 0) is 19.4 Å². The molecule has 0 unspecified atom stereocenters. The van der Waals surface area contributed by atoms with Gasteiger partial charge in [-0.15, -0.1) is 11.3 Å². The first kappa shape index (κ1) is 16.4. The van der Waals surface area contributed by atoms with Crippen LogP contribution in [0.5, 0.6) is 0 Å². The van der Waals surface area contributed by atoms with E-state index >= 15 is 0 Å². The van der Waals surface area contributed by atoms with E-state index in [1.807, 2.05) is 36.7 Å². The molecular weight excluding hydrogens is 324 g/mol. The minimum absolute atomic E-state index is 0.608. The van der Waals surface area contributed by atoms with Crippen LogP contribution in [0.25, 0.3) is 10.3 Å². The van der Waals surface area contributed by atoms with Gasteiger partial charge in [0, 0.05) is 44.5 Å². The van der Waals surface area contributed by atoms with Gasteiger partial charge in [-0.3, -0.25) is 9.89 Å². The van der Waals surface area contributed by atoms with E-state index in [9.17, 15) is 4.79 Å². The van der Waals surface area contributed by atoms with Gasteiger partial charge < -0.3 is 9.58 Å². The lowest BCUT2D eigenvalue weighted by Gasteiger charge is -2.07. The second-order valence-electron chi connectivity index (χ2n) is 5.54. The fourth-order valence-electron chi connectivity index (χ4n) is 2.45. The monoisotopic (exact) mass is 344 g/mol. The molecule has 0 aliphatic rings. The van der Waals surface area contributed by atoms with Crippen LogP contribution in [-0.2, 0) is 19.9 Å². The highest BCUT2D eigenvalue weighted by molar-refractivity contribution is 7.19. The maximum atomic E-state index is 11.5. The first-order valence-corrected chi connectivity index (χ1v) is 8.62. The number of hydrogen-bond acceptors (Lipinski definition) is 6. The van der Waals surface area contributed by atoms with Gasteiger partial charge >= 0.3 is 0 Å². The van der Waals surface area contributed by atoms with E-state index in [0.29, 0.717) is 5.69 Å². The standard InChI is InChI=1S/C16H20N6OS/c1-4-21(2)18-9-12-13(10-23)22(3)16-15(12)24-14(19-16)6-5-11-7-8-17-20-11/h7-10H,4-6H2,1-3H3,(H,17,20)/b18-9-. The van der Waals surface area contributed by atoms with Gasteiger partial charge in [-0.25, -0.2) is 4.98 Å². The third-order valence-corrected chi connectivity index (χ3v) is 5.11. The molecule has 0 saturated carbocycles. The van der Waals surface area contributed by atoms with Crippen LogP contribution in [0.15, 0.2) is 17.4 Å². The average Bonchev–Trinajstić information content (AvgIpc) is 3.28. The van der Waals surface area contributed by atoms with Crippen LogP contribution >= 0.6 is 11.3 Å². The number of carbonyl (C=O) groups is 1. The molecule has 7 nitrogen and oxygen atoms in total. The first-order chi connectivity index (χ1) is 11.6. The lowest BCUT2D eigenvalue weighted by Crippen LogP contribution is -2.09. The lowest BCUT2D eigenvalue weighted by molar-refractivity contribution is 0.111. The molecule has 3 rings (SSSR count). The van der Waals surface area contributed by atoms with Crippen LogP contribution in [-0.4, -0.2) is 50.9 Å². The van der Waals surface area contributed by atoms with Crippen LogP contribution in [0, 0.1) is 0 Å². The number of rotatable bonds is 7. The molecule has 3 heterocycles. The van der Waals surface area contributed by atoms with Crippen LogP contribution in [0.3, 0.4) is 0 Å². The summed E-state index contributed by atoms with van der Waals surface area (Å²) >= 11 is 1.62. The summed E-state index contributed by atoms with van der Waals surface area (Å²) in [5, 5.41) is 14.2. The number of aryl methyl sites for hydroxylation is 3. The number of carbonyl (C=O) groups excluding carboxylic acids is 1. The highest BCUT2D eigenvalue weighted by atomic mass is 32.1. The lowest BCUT2D eigenvalue weighted by atomic mass is 10.2. The predicted molar refractivity (Wildman–Crippen MR) is 95.9 cm³/mol. The molecule has 0 spiro atoms. The van der Waals surface area contributed by atoms with E-state index in [2.05, 4.69) is 15.3 Å². The fourth-order valence-corrected chi connectivity index (χ4v) is 3.56. The molecule has 3 aromatic heterocycles. The Kier molecular flexibility index (Phi) is 4.75. The van der Waals surface area contributed by atoms with Crippen molar-refractivity contribution in [2.75, 3.05) is 13.6 Å². The van der Waals surface area contributed by atoms with Gasteiger partial charge in [0.25, 0.3) is 0 Å². The molecule has 24 heavy (non-hydrogen) atoms. The number of aromatic nitrogens is 4. The molecule has 0 bridgehead atoms. The number of nitrogens with zero attached hydrogens (tertiary/aromatic N) is 5. The SMILES string of the molecule is CCN(C)/N=C\c1c(C=O)n(C)c2nc(CCc3ccn[nH]3)sc12. The highest BCUT2D eigenvalue weighted by Gasteiger charge is 2.18. The summed E-state index contributed by atoms with van der Waals surface area (Å²) in [5.74, 6) is 0. The van der Waals surface area contributed by atoms with E-state index in [1.54, 1.807) is 23.7 Å². The molecule has 0 aromatic carbocycles. The molecule has 0 aliphatic carbocycles. The van der Waals surface area contributed by atoms with Crippen molar-refractivity contribution in [2.45, 2.75) is 19.8 Å². The van der Waals surface area contributed by atoms with Gasteiger partial charge in [0.2, 0.25) is 0 Å². The zero-order valence-corrected chi connectivity index (χ0v) is 14.8. The largest absolute Gasteiger partial charge is 0.325 e. The van der Waals surface area contributed by atoms with E-state index in [4.69, 9.17) is 4.98 Å². The van der Waals surface area contributed by atoms with Crippen LogP contribution in [0.2, 0.25) is 0 Å². The maximum Gasteiger partial charge on any atom is 0.167 e. The zero-order valence-electron chi connectivity index (χ0n) is 14.0. The zero-order chi connectivity index (χ0) is 17.1. The van der Waals surface area contributed by atoms with E-state index in [-0.39, 0.29) is 0 Å². The summed E-state index contributed by atoms with van der Waals surface area (Å²) in [7, 11) is 3.77. The number of hydrazone groups is 1. The van der Waals surface area contributed by atoms with Crippen molar-refractivity contribution < 1.29 is 4.79 Å². The maximum absolute atomic E-state index is 11.5. The number of fused-ring (bicyclic) bond motifs is 1. The van der Waals surface area contributed by atoms with Crippen molar-refractivity contribution >= 4 is 34.2 Å². The Bertz CT molecular complexity index is 861. The van der Waals surface area contributed by atoms with Crippen molar-refractivity contribution in [1.82, 2.24) is 24.8 Å². The third-order valence-electron chi connectivity index (χ3n) is 3.97. The number of H-pyrrole nitrogens is 1. The van der Waals surface area contributed by atoms with Crippen molar-refractivity contribution in [3.63, 3.8) is 0 Å². The number of nitrogens with one attached hydrogen (secondary N) is 1. The topological polar surface area (TPSA) is 79.2 Å². The molecule has 0 radical (unpaired) electrons. The summed E-state index contributed by atoms with van der Waals surface area (Å²) in [6.07, 6.45) is 6.08. The second-order valence-corrected chi connectivity index (χ2v) is 6.62. The summed E-state index contributed by atoms with van der Waals surface area (Å²) in [6, 6.07) is 1.97. The Labute approximate surface area is 144 Å². The average molecular weight is 344 g/mol. The van der Waals surface area contributed by atoms with Gasteiger partial charge in [0.1, 0.15) is 0 Å². The van der Waals surface area contributed by atoms with E-state index in [0.717, 1.165) is 52.3 Å². The molecule has 0 aliphatic heterocycles. The molecule has 0 atom stereocenters. The van der Waals surface area contributed by atoms with Crippen LogP contribution in [0.1, 0.15) is 33.7 Å². The Morgan fingerprint density at radius 3 is 2.96 bits per heavy atom. The number of aldehydes is 1. The van der Waals surface area contributed by atoms with Gasteiger partial charge in [-0.2, -0.15) is 10.2 Å². The van der Waals surface area contributed by atoms with Crippen LogP contribution < -0.4 is 0 Å². The second kappa shape index (κ2) is 6.96. The molecule has 0 fully saturated rings. The fraction of sp³-hybridized carbons (Fsp3) is 0.375. The molecule has 126 valence electrons. The Morgan fingerprint density at radius 2 is 2.29 bits per heavy atom. The predicted octanol–water partition coefficient (Wildman–Crippen LogP) is 2.24.